The number of carbonyl (C=O) groups excluding carboxylic acids is 1. The Morgan fingerprint density at radius 2 is 1.67 bits per heavy atom. The molecule has 0 spiro atoms. The lowest BCUT2D eigenvalue weighted by Gasteiger charge is -2.34. The molecule has 2 N–H and O–H groups in total. The summed E-state index contributed by atoms with van der Waals surface area (Å²) < 4.78 is 0. The summed E-state index contributed by atoms with van der Waals surface area (Å²) in [5.74, 6) is -0.707. The zero-order chi connectivity index (χ0) is 13.4. The van der Waals surface area contributed by atoms with Crippen LogP contribution in [0.15, 0.2) is 0 Å². The molecule has 0 saturated carbocycles. The van der Waals surface area contributed by atoms with Gasteiger partial charge in [0, 0.05) is 46.2 Å². The second-order valence-electron chi connectivity index (χ2n) is 4.66. The van der Waals surface area contributed by atoms with Crippen molar-refractivity contribution in [1.82, 2.24) is 15.1 Å². The average molecular weight is 257 g/mol. The maximum absolute atomic E-state index is 10.7. The predicted molar refractivity (Wildman–Crippen MR) is 68.4 cm³/mol. The zero-order valence-corrected chi connectivity index (χ0v) is 11.0. The summed E-state index contributed by atoms with van der Waals surface area (Å²) in [5, 5.41) is 11.4. The van der Waals surface area contributed by atoms with Crippen LogP contribution in [0.5, 0.6) is 0 Å². The molecule has 0 radical (unpaired) electrons. The Balaban J connectivity index is 2.04. The molecule has 6 nitrogen and oxygen atoms in total. The van der Waals surface area contributed by atoms with E-state index in [-0.39, 0.29) is 12.3 Å². The van der Waals surface area contributed by atoms with Gasteiger partial charge >= 0.3 is 5.97 Å². The van der Waals surface area contributed by atoms with Crippen molar-refractivity contribution in [3.63, 3.8) is 0 Å². The molecule has 1 aliphatic heterocycles. The van der Waals surface area contributed by atoms with E-state index in [0.717, 1.165) is 45.7 Å². The highest BCUT2D eigenvalue weighted by Gasteiger charge is 2.16. The number of carbonyl (C=O) groups is 2. The van der Waals surface area contributed by atoms with Crippen molar-refractivity contribution in [3.05, 3.63) is 0 Å². The Bertz CT molecular complexity index is 276. The van der Waals surface area contributed by atoms with E-state index in [1.54, 1.807) is 0 Å². The van der Waals surface area contributed by atoms with Gasteiger partial charge in [0.2, 0.25) is 5.91 Å². The molecule has 1 rings (SSSR count). The Morgan fingerprint density at radius 3 is 2.17 bits per heavy atom. The van der Waals surface area contributed by atoms with Crippen LogP contribution in [-0.2, 0) is 9.59 Å². The van der Waals surface area contributed by atoms with Crippen molar-refractivity contribution < 1.29 is 14.7 Å². The van der Waals surface area contributed by atoms with Gasteiger partial charge in [-0.25, -0.2) is 0 Å². The van der Waals surface area contributed by atoms with Crippen molar-refractivity contribution in [1.29, 1.82) is 0 Å². The number of amides is 1. The smallest absolute Gasteiger partial charge is 0.304 e. The third kappa shape index (κ3) is 6.56. The third-order valence-electron chi connectivity index (χ3n) is 3.13. The molecule has 1 amide bonds. The lowest BCUT2D eigenvalue weighted by atomic mass is 10.2. The molecule has 1 fully saturated rings. The molecular formula is C12H23N3O3. The number of aliphatic carboxylic acids is 1. The summed E-state index contributed by atoms with van der Waals surface area (Å²) >= 11 is 0. The van der Waals surface area contributed by atoms with Crippen LogP contribution in [0.25, 0.3) is 0 Å². The van der Waals surface area contributed by atoms with Gasteiger partial charge in [0.05, 0.1) is 6.42 Å². The first-order chi connectivity index (χ1) is 8.58. The van der Waals surface area contributed by atoms with E-state index in [2.05, 4.69) is 15.1 Å². The summed E-state index contributed by atoms with van der Waals surface area (Å²) in [4.78, 5) is 25.7. The standard InChI is InChI=1S/C12H23N3O3/c1-11(16)13-4-2-5-14-7-9-15(10-8-14)6-3-12(17)18/h2-10H2,1H3,(H,13,16)(H,17,18). The molecule has 0 aliphatic carbocycles. The lowest BCUT2D eigenvalue weighted by molar-refractivity contribution is -0.137. The third-order valence-corrected chi connectivity index (χ3v) is 3.13. The fourth-order valence-corrected chi connectivity index (χ4v) is 2.06. The van der Waals surface area contributed by atoms with Crippen molar-refractivity contribution in [2.45, 2.75) is 19.8 Å². The molecular weight excluding hydrogens is 234 g/mol. The van der Waals surface area contributed by atoms with Crippen molar-refractivity contribution in [3.8, 4) is 0 Å². The van der Waals surface area contributed by atoms with Gasteiger partial charge in [-0.05, 0) is 13.0 Å². The second-order valence-corrected chi connectivity index (χ2v) is 4.66. The van der Waals surface area contributed by atoms with Crippen LogP contribution in [0.2, 0.25) is 0 Å². The number of carboxylic acids is 1. The number of carboxylic acid groups (broad SMARTS) is 1. The minimum absolute atomic E-state index is 0.0217. The Labute approximate surface area is 108 Å². The molecule has 104 valence electrons. The fraction of sp³-hybridized carbons (Fsp3) is 0.833. The van der Waals surface area contributed by atoms with E-state index in [4.69, 9.17) is 5.11 Å². The molecule has 0 aromatic rings. The topological polar surface area (TPSA) is 72.9 Å². The van der Waals surface area contributed by atoms with Crippen LogP contribution in [0.1, 0.15) is 19.8 Å². The number of rotatable bonds is 7. The van der Waals surface area contributed by atoms with Crippen LogP contribution in [0.3, 0.4) is 0 Å². The average Bonchev–Trinajstić information content (AvgIpc) is 2.33. The summed E-state index contributed by atoms with van der Waals surface area (Å²) in [5.41, 5.74) is 0. The van der Waals surface area contributed by atoms with Crippen LogP contribution in [0, 0.1) is 0 Å². The van der Waals surface area contributed by atoms with Crippen molar-refractivity contribution in [2.24, 2.45) is 0 Å². The largest absolute Gasteiger partial charge is 0.481 e. The molecule has 0 atom stereocenters. The highest BCUT2D eigenvalue weighted by atomic mass is 16.4. The molecule has 6 heteroatoms. The number of hydrogen-bond donors (Lipinski definition) is 2. The van der Waals surface area contributed by atoms with E-state index in [0.29, 0.717) is 6.54 Å². The number of nitrogens with zero attached hydrogens (tertiary/aromatic N) is 2. The van der Waals surface area contributed by atoms with Gasteiger partial charge < -0.3 is 20.2 Å². The SMILES string of the molecule is CC(=O)NCCCN1CCN(CCC(=O)O)CC1. The molecule has 0 aromatic carbocycles. The van der Waals surface area contributed by atoms with Gasteiger partial charge in [-0.3, -0.25) is 9.59 Å². The van der Waals surface area contributed by atoms with Crippen molar-refractivity contribution in [2.75, 3.05) is 45.8 Å². The van der Waals surface area contributed by atoms with Crippen LogP contribution in [-0.4, -0.2) is 72.6 Å². The first-order valence-corrected chi connectivity index (χ1v) is 6.49. The van der Waals surface area contributed by atoms with Crippen LogP contribution < -0.4 is 5.32 Å². The summed E-state index contributed by atoms with van der Waals surface area (Å²) in [6.45, 7) is 7.75. The minimum atomic E-state index is -0.729. The maximum atomic E-state index is 10.7. The summed E-state index contributed by atoms with van der Waals surface area (Å²) in [6.07, 6.45) is 1.19. The lowest BCUT2D eigenvalue weighted by Crippen LogP contribution is -2.47. The molecule has 1 heterocycles. The Morgan fingerprint density at radius 1 is 1.11 bits per heavy atom. The van der Waals surface area contributed by atoms with Gasteiger partial charge in [0.25, 0.3) is 0 Å². The first-order valence-electron chi connectivity index (χ1n) is 6.49. The first kappa shape index (κ1) is 14.9. The quantitative estimate of drug-likeness (QED) is 0.607. The number of piperazine rings is 1. The fourth-order valence-electron chi connectivity index (χ4n) is 2.06. The highest BCUT2D eigenvalue weighted by molar-refractivity contribution is 5.72. The summed E-state index contributed by atoms with van der Waals surface area (Å²) in [7, 11) is 0. The minimum Gasteiger partial charge on any atom is -0.481 e. The molecule has 0 unspecified atom stereocenters. The van der Waals surface area contributed by atoms with Crippen LogP contribution in [0.4, 0.5) is 0 Å². The van der Waals surface area contributed by atoms with E-state index >= 15 is 0 Å². The van der Waals surface area contributed by atoms with Crippen LogP contribution >= 0.6 is 0 Å². The maximum Gasteiger partial charge on any atom is 0.304 e. The van der Waals surface area contributed by atoms with Crippen molar-refractivity contribution >= 4 is 11.9 Å². The van der Waals surface area contributed by atoms with E-state index in [1.807, 2.05) is 0 Å². The molecule has 1 saturated heterocycles. The highest BCUT2D eigenvalue weighted by Crippen LogP contribution is 2.03. The predicted octanol–water partition coefficient (Wildman–Crippen LogP) is -0.395. The van der Waals surface area contributed by atoms with Gasteiger partial charge in [-0.2, -0.15) is 0 Å². The van der Waals surface area contributed by atoms with E-state index in [9.17, 15) is 9.59 Å². The van der Waals surface area contributed by atoms with E-state index in [1.165, 1.54) is 6.92 Å². The normalized spacial score (nSPS) is 17.6. The van der Waals surface area contributed by atoms with Gasteiger partial charge in [-0.15, -0.1) is 0 Å². The number of hydrogen-bond acceptors (Lipinski definition) is 4. The zero-order valence-electron chi connectivity index (χ0n) is 11.0. The summed E-state index contributed by atoms with van der Waals surface area (Å²) in [6, 6.07) is 0. The Kier molecular flexibility index (Phi) is 6.67. The number of nitrogens with one attached hydrogen (secondary N) is 1. The second kappa shape index (κ2) is 8.05. The molecule has 1 aliphatic rings. The Hall–Kier alpha value is -1.14. The molecule has 18 heavy (non-hydrogen) atoms. The molecule has 0 aromatic heterocycles. The monoisotopic (exact) mass is 257 g/mol. The van der Waals surface area contributed by atoms with Gasteiger partial charge in [0.1, 0.15) is 0 Å². The molecule has 0 bridgehead atoms. The van der Waals surface area contributed by atoms with Gasteiger partial charge in [-0.1, -0.05) is 0 Å². The van der Waals surface area contributed by atoms with Gasteiger partial charge in [0.15, 0.2) is 0 Å². The van der Waals surface area contributed by atoms with E-state index < -0.39 is 5.97 Å².